The first-order chi connectivity index (χ1) is 12.3. The second kappa shape index (κ2) is 8.80. The summed E-state index contributed by atoms with van der Waals surface area (Å²) in [7, 11) is 0. The van der Waals surface area contributed by atoms with Gasteiger partial charge in [-0.15, -0.1) is 0 Å². The average molecular weight is 364 g/mol. The lowest BCUT2D eigenvalue weighted by Gasteiger charge is -2.43. The predicted octanol–water partition coefficient (Wildman–Crippen LogP) is 2.51. The lowest BCUT2D eigenvalue weighted by molar-refractivity contribution is -0.266. The molecule has 1 aromatic rings. The molecule has 7 nitrogen and oxygen atoms in total. The van der Waals surface area contributed by atoms with Gasteiger partial charge in [-0.25, -0.2) is 0 Å². The molecule has 0 unspecified atom stereocenters. The van der Waals surface area contributed by atoms with Gasteiger partial charge >= 0.3 is 11.9 Å². The van der Waals surface area contributed by atoms with Crippen molar-refractivity contribution in [2.24, 2.45) is 5.92 Å². The summed E-state index contributed by atoms with van der Waals surface area (Å²) in [6.45, 7) is 6.42. The fourth-order valence-corrected chi connectivity index (χ4v) is 3.04. The first-order valence-corrected chi connectivity index (χ1v) is 8.57. The van der Waals surface area contributed by atoms with Crippen LogP contribution in [0, 0.1) is 5.92 Å². The van der Waals surface area contributed by atoms with Crippen molar-refractivity contribution in [3.05, 3.63) is 29.8 Å². The van der Waals surface area contributed by atoms with Crippen LogP contribution in [0.1, 0.15) is 44.5 Å². The molecule has 1 fully saturated rings. The van der Waals surface area contributed by atoms with E-state index < -0.39 is 30.4 Å². The SMILES string of the molecule is CC[C@H]1O[C@@H](Oc2ccc(C=O)cc2)[C@H](OC(C)=O)[C@@H](OC(C)=O)[C@H]1C. The van der Waals surface area contributed by atoms with Gasteiger partial charge < -0.3 is 18.9 Å². The molecule has 0 aliphatic carbocycles. The van der Waals surface area contributed by atoms with E-state index in [1.807, 2.05) is 13.8 Å². The summed E-state index contributed by atoms with van der Waals surface area (Å²) in [4.78, 5) is 33.9. The Morgan fingerprint density at radius 1 is 1.08 bits per heavy atom. The molecule has 0 saturated carbocycles. The van der Waals surface area contributed by atoms with E-state index in [4.69, 9.17) is 18.9 Å². The Kier molecular flexibility index (Phi) is 6.74. The highest BCUT2D eigenvalue weighted by atomic mass is 16.7. The summed E-state index contributed by atoms with van der Waals surface area (Å²) in [5.41, 5.74) is 0.510. The first kappa shape index (κ1) is 19.9. The van der Waals surface area contributed by atoms with Crippen LogP contribution < -0.4 is 4.74 Å². The minimum absolute atomic E-state index is 0.175. The average Bonchev–Trinajstić information content (AvgIpc) is 2.60. The van der Waals surface area contributed by atoms with E-state index >= 15 is 0 Å². The number of ether oxygens (including phenoxy) is 4. The zero-order valence-corrected chi connectivity index (χ0v) is 15.3. The number of hydrogen-bond donors (Lipinski definition) is 0. The van der Waals surface area contributed by atoms with Crippen molar-refractivity contribution >= 4 is 18.2 Å². The minimum atomic E-state index is -0.938. The number of esters is 2. The van der Waals surface area contributed by atoms with Gasteiger partial charge in [0.15, 0.2) is 0 Å². The molecule has 2 rings (SSSR count). The molecule has 0 amide bonds. The maximum Gasteiger partial charge on any atom is 0.303 e. The highest BCUT2D eigenvalue weighted by Gasteiger charge is 2.48. The van der Waals surface area contributed by atoms with Gasteiger partial charge in [0.25, 0.3) is 0 Å². The van der Waals surface area contributed by atoms with Crippen LogP contribution in [0.2, 0.25) is 0 Å². The number of aldehydes is 1. The lowest BCUT2D eigenvalue weighted by atomic mass is 9.89. The second-order valence-corrected chi connectivity index (χ2v) is 6.26. The fraction of sp³-hybridized carbons (Fsp3) is 0.526. The summed E-state index contributed by atoms with van der Waals surface area (Å²) < 4.78 is 22.6. The third kappa shape index (κ3) is 4.82. The van der Waals surface area contributed by atoms with Gasteiger partial charge in [-0.3, -0.25) is 14.4 Å². The van der Waals surface area contributed by atoms with Gasteiger partial charge in [-0.1, -0.05) is 13.8 Å². The molecule has 0 aromatic heterocycles. The van der Waals surface area contributed by atoms with Gasteiger partial charge in [0.2, 0.25) is 12.4 Å². The molecule has 142 valence electrons. The fourth-order valence-electron chi connectivity index (χ4n) is 3.04. The number of hydrogen-bond acceptors (Lipinski definition) is 7. The summed E-state index contributed by atoms with van der Waals surface area (Å²) in [6, 6.07) is 6.46. The molecule has 5 atom stereocenters. The molecular weight excluding hydrogens is 340 g/mol. The van der Waals surface area contributed by atoms with Crippen LogP contribution in [0.5, 0.6) is 5.75 Å². The number of carbonyl (C=O) groups is 3. The van der Waals surface area contributed by atoms with Crippen LogP contribution >= 0.6 is 0 Å². The van der Waals surface area contributed by atoms with E-state index in [1.54, 1.807) is 24.3 Å². The van der Waals surface area contributed by atoms with Crippen molar-refractivity contribution in [1.29, 1.82) is 0 Å². The standard InChI is InChI=1S/C19H24O7/c1-5-16-11(2)17(23-12(3)21)18(24-13(4)22)19(26-16)25-15-8-6-14(10-20)7-9-15/h6-11,16-19H,5H2,1-4H3/t11-,16+,17-,18+,19+/m0/s1. The molecule has 1 heterocycles. The Hall–Kier alpha value is -2.41. The van der Waals surface area contributed by atoms with E-state index in [1.165, 1.54) is 13.8 Å². The molecule has 1 aliphatic rings. The number of benzene rings is 1. The Bertz CT molecular complexity index is 640. The highest BCUT2D eigenvalue weighted by molar-refractivity contribution is 5.74. The summed E-state index contributed by atoms with van der Waals surface area (Å²) in [6.07, 6.45) is -1.35. The van der Waals surface area contributed by atoms with E-state index in [-0.39, 0.29) is 12.0 Å². The van der Waals surface area contributed by atoms with Crippen molar-refractivity contribution in [3.63, 3.8) is 0 Å². The smallest absolute Gasteiger partial charge is 0.303 e. The van der Waals surface area contributed by atoms with Gasteiger partial charge in [0.05, 0.1) is 6.10 Å². The molecule has 26 heavy (non-hydrogen) atoms. The molecule has 1 saturated heterocycles. The summed E-state index contributed by atoms with van der Waals surface area (Å²) >= 11 is 0. The van der Waals surface area contributed by atoms with Crippen LogP contribution in [0.25, 0.3) is 0 Å². The van der Waals surface area contributed by atoms with Crippen LogP contribution in [-0.2, 0) is 23.8 Å². The van der Waals surface area contributed by atoms with Crippen LogP contribution in [0.15, 0.2) is 24.3 Å². The topological polar surface area (TPSA) is 88.1 Å². The molecule has 0 spiro atoms. The Labute approximate surface area is 152 Å². The quantitative estimate of drug-likeness (QED) is 0.566. The van der Waals surface area contributed by atoms with Crippen molar-refractivity contribution in [3.8, 4) is 5.75 Å². The van der Waals surface area contributed by atoms with E-state index in [0.29, 0.717) is 17.7 Å². The molecule has 7 heteroatoms. The summed E-state index contributed by atoms with van der Waals surface area (Å²) in [5, 5.41) is 0. The summed E-state index contributed by atoms with van der Waals surface area (Å²) in [5.74, 6) is -0.720. The van der Waals surface area contributed by atoms with E-state index in [0.717, 1.165) is 6.29 Å². The third-order valence-electron chi connectivity index (χ3n) is 4.28. The van der Waals surface area contributed by atoms with Gasteiger partial charge in [0.1, 0.15) is 18.1 Å². The number of carbonyl (C=O) groups excluding carboxylic acids is 3. The maximum atomic E-state index is 11.6. The van der Waals surface area contributed by atoms with E-state index in [9.17, 15) is 14.4 Å². The molecular formula is C19H24O7. The predicted molar refractivity (Wildman–Crippen MR) is 91.7 cm³/mol. The molecule has 0 bridgehead atoms. The maximum absolute atomic E-state index is 11.6. The molecule has 1 aromatic carbocycles. The molecule has 1 aliphatic heterocycles. The van der Waals surface area contributed by atoms with Crippen molar-refractivity contribution in [1.82, 2.24) is 0 Å². The highest BCUT2D eigenvalue weighted by Crippen LogP contribution is 2.33. The van der Waals surface area contributed by atoms with Gasteiger partial charge in [-0.05, 0) is 30.7 Å². The van der Waals surface area contributed by atoms with E-state index in [2.05, 4.69) is 0 Å². The van der Waals surface area contributed by atoms with Gasteiger partial charge in [-0.2, -0.15) is 0 Å². The third-order valence-corrected chi connectivity index (χ3v) is 4.28. The van der Waals surface area contributed by atoms with Crippen LogP contribution in [0.3, 0.4) is 0 Å². The lowest BCUT2D eigenvalue weighted by Crippen LogP contribution is -2.58. The molecule has 0 radical (unpaired) electrons. The second-order valence-electron chi connectivity index (χ2n) is 6.26. The molecule has 0 N–H and O–H groups in total. The minimum Gasteiger partial charge on any atom is -0.461 e. The zero-order valence-electron chi connectivity index (χ0n) is 15.3. The van der Waals surface area contributed by atoms with Crippen molar-refractivity contribution in [2.75, 3.05) is 0 Å². The Morgan fingerprint density at radius 3 is 2.15 bits per heavy atom. The van der Waals surface area contributed by atoms with Crippen LogP contribution in [0.4, 0.5) is 0 Å². The van der Waals surface area contributed by atoms with Crippen molar-refractivity contribution < 1.29 is 33.3 Å². The van der Waals surface area contributed by atoms with Crippen molar-refractivity contribution in [2.45, 2.75) is 58.7 Å². The van der Waals surface area contributed by atoms with Crippen LogP contribution in [-0.4, -0.2) is 42.8 Å². The monoisotopic (exact) mass is 364 g/mol. The first-order valence-electron chi connectivity index (χ1n) is 8.57. The largest absolute Gasteiger partial charge is 0.461 e. The Morgan fingerprint density at radius 2 is 1.65 bits per heavy atom. The normalized spacial score (nSPS) is 28.1. The Balaban J connectivity index is 2.29. The van der Waals surface area contributed by atoms with Gasteiger partial charge in [0, 0.05) is 25.3 Å². The number of rotatable bonds is 6. The zero-order chi connectivity index (χ0) is 19.3.